The maximum Gasteiger partial charge on any atom is 0.416 e. The zero-order valence-electron chi connectivity index (χ0n) is 21.2. The molecular weight excluding hydrogens is 491 g/mol. The summed E-state index contributed by atoms with van der Waals surface area (Å²) in [4.78, 5) is 4.57. The van der Waals surface area contributed by atoms with E-state index in [2.05, 4.69) is 46.1 Å². The summed E-state index contributed by atoms with van der Waals surface area (Å²) >= 11 is 0. The molecule has 0 spiro atoms. The Morgan fingerprint density at radius 3 is 2.03 bits per heavy atom. The third-order valence-electron chi connectivity index (χ3n) is 6.76. The molecule has 0 N–H and O–H groups in total. The zero-order chi connectivity index (χ0) is 26.5. The lowest BCUT2D eigenvalue weighted by atomic mass is 10.1. The average Bonchev–Trinajstić information content (AvgIpc) is 3.38. The summed E-state index contributed by atoms with van der Waals surface area (Å²) in [5.74, 6) is 1.51. The number of halogens is 3. The molecule has 8 heteroatoms. The van der Waals surface area contributed by atoms with Gasteiger partial charge in [-0.25, -0.2) is 0 Å². The summed E-state index contributed by atoms with van der Waals surface area (Å²) < 4.78 is 49.8. The van der Waals surface area contributed by atoms with Gasteiger partial charge in [-0.05, 0) is 54.4 Å². The first-order valence-electron chi connectivity index (χ1n) is 12.7. The molecule has 5 nitrogen and oxygen atoms in total. The molecular formula is C30H30F3N3O2. The van der Waals surface area contributed by atoms with Crippen molar-refractivity contribution in [3.8, 4) is 17.1 Å². The molecule has 4 aromatic rings. The third-order valence-corrected chi connectivity index (χ3v) is 6.76. The van der Waals surface area contributed by atoms with E-state index in [1.807, 2.05) is 30.3 Å². The molecule has 0 radical (unpaired) electrons. The van der Waals surface area contributed by atoms with Gasteiger partial charge < -0.3 is 9.26 Å². The molecule has 5 rings (SSSR count). The van der Waals surface area contributed by atoms with Gasteiger partial charge in [0.2, 0.25) is 0 Å². The predicted octanol–water partition coefficient (Wildman–Crippen LogP) is 6.57. The molecule has 1 aromatic heterocycles. The minimum Gasteiger partial charge on any atom is -0.489 e. The van der Waals surface area contributed by atoms with E-state index in [0.29, 0.717) is 25.5 Å². The number of alkyl halides is 3. The topological polar surface area (TPSA) is 41.7 Å². The van der Waals surface area contributed by atoms with Gasteiger partial charge in [0.1, 0.15) is 12.4 Å². The van der Waals surface area contributed by atoms with E-state index in [1.54, 1.807) is 12.1 Å². The number of rotatable bonds is 8. The van der Waals surface area contributed by atoms with Gasteiger partial charge in [-0.1, -0.05) is 47.1 Å². The van der Waals surface area contributed by atoms with Gasteiger partial charge in [-0.3, -0.25) is 9.80 Å². The lowest BCUT2D eigenvalue weighted by Gasteiger charge is -2.34. The van der Waals surface area contributed by atoms with Crippen molar-refractivity contribution >= 4 is 0 Å². The summed E-state index contributed by atoms with van der Waals surface area (Å²) in [5, 5.41) is 4.25. The Morgan fingerprint density at radius 1 is 0.789 bits per heavy atom. The number of benzene rings is 3. The number of aromatic nitrogens is 1. The molecule has 1 fully saturated rings. The number of ether oxygens (including phenoxy) is 1. The smallest absolute Gasteiger partial charge is 0.416 e. The molecule has 198 valence electrons. The second-order valence-corrected chi connectivity index (χ2v) is 9.73. The second kappa shape index (κ2) is 11.4. The molecule has 0 amide bonds. The number of aryl methyl sites for hydroxylation is 1. The molecule has 38 heavy (non-hydrogen) atoms. The number of nitrogens with zero attached hydrogens (tertiary/aromatic N) is 3. The summed E-state index contributed by atoms with van der Waals surface area (Å²) in [6.45, 7) is 7.31. The molecule has 0 aliphatic carbocycles. The fraction of sp³-hybridized carbons (Fsp3) is 0.300. The van der Waals surface area contributed by atoms with Gasteiger partial charge in [0.25, 0.3) is 0 Å². The van der Waals surface area contributed by atoms with Crippen molar-refractivity contribution in [2.45, 2.75) is 32.8 Å². The highest BCUT2D eigenvalue weighted by atomic mass is 19.4. The Morgan fingerprint density at radius 2 is 1.39 bits per heavy atom. The second-order valence-electron chi connectivity index (χ2n) is 9.73. The van der Waals surface area contributed by atoms with Crippen molar-refractivity contribution in [1.82, 2.24) is 15.0 Å². The van der Waals surface area contributed by atoms with Gasteiger partial charge in [-0.2, -0.15) is 13.2 Å². The van der Waals surface area contributed by atoms with Gasteiger partial charge >= 0.3 is 6.18 Å². The lowest BCUT2D eigenvalue weighted by Crippen LogP contribution is -2.45. The van der Waals surface area contributed by atoms with Crippen LogP contribution in [0.5, 0.6) is 5.75 Å². The standard InChI is InChI=1S/C30H30F3N3O2/c1-22-2-4-24(5-3-22)21-37-28-12-8-25(9-13-28)29-18-27(34-38-29)20-36-16-14-35(15-17-36)19-23-6-10-26(11-7-23)30(31,32)33/h2-13,18H,14-17,19-21H2,1H3. The normalized spacial score (nSPS) is 15.1. The summed E-state index contributed by atoms with van der Waals surface area (Å²) in [7, 11) is 0. The first-order chi connectivity index (χ1) is 18.3. The first kappa shape index (κ1) is 26.0. The van der Waals surface area contributed by atoms with Crippen LogP contribution in [0.3, 0.4) is 0 Å². The number of hydrogen-bond acceptors (Lipinski definition) is 5. The molecule has 3 aromatic carbocycles. The fourth-order valence-corrected chi connectivity index (χ4v) is 4.48. The molecule has 0 unspecified atom stereocenters. The molecule has 1 aliphatic heterocycles. The van der Waals surface area contributed by atoms with Crippen molar-refractivity contribution < 1.29 is 22.4 Å². The van der Waals surface area contributed by atoms with Gasteiger partial charge in [0.15, 0.2) is 5.76 Å². The highest BCUT2D eigenvalue weighted by molar-refractivity contribution is 5.58. The molecule has 1 saturated heterocycles. The Labute approximate surface area is 220 Å². The van der Waals surface area contributed by atoms with Gasteiger partial charge in [0.05, 0.1) is 11.3 Å². The quantitative estimate of drug-likeness (QED) is 0.263. The molecule has 0 bridgehead atoms. The fourth-order valence-electron chi connectivity index (χ4n) is 4.48. The van der Waals surface area contributed by atoms with Crippen LogP contribution in [-0.4, -0.2) is 41.1 Å². The largest absolute Gasteiger partial charge is 0.489 e. The van der Waals surface area contributed by atoms with Crippen LogP contribution in [-0.2, 0) is 25.9 Å². The molecule has 1 aliphatic rings. The Bertz CT molecular complexity index is 1310. The van der Waals surface area contributed by atoms with Crippen molar-refractivity contribution in [2.24, 2.45) is 0 Å². The van der Waals surface area contributed by atoms with Crippen molar-refractivity contribution in [3.05, 3.63) is 107 Å². The summed E-state index contributed by atoms with van der Waals surface area (Å²) in [6, 6.07) is 23.5. The molecule has 0 atom stereocenters. The molecule has 0 saturated carbocycles. The third kappa shape index (κ3) is 6.82. The van der Waals surface area contributed by atoms with E-state index in [-0.39, 0.29) is 0 Å². The van der Waals surface area contributed by atoms with Gasteiger partial charge in [0, 0.05) is 50.9 Å². The van der Waals surface area contributed by atoms with Crippen molar-refractivity contribution in [1.29, 1.82) is 0 Å². The van der Waals surface area contributed by atoms with Crippen LogP contribution in [0.25, 0.3) is 11.3 Å². The number of piperazine rings is 1. The van der Waals surface area contributed by atoms with E-state index < -0.39 is 11.7 Å². The van der Waals surface area contributed by atoms with Crippen LogP contribution in [0.4, 0.5) is 13.2 Å². The SMILES string of the molecule is Cc1ccc(COc2ccc(-c3cc(CN4CCN(Cc5ccc(C(F)(F)F)cc5)CC4)no3)cc2)cc1. The minimum absolute atomic E-state index is 0.518. The van der Waals surface area contributed by atoms with E-state index >= 15 is 0 Å². The van der Waals surface area contributed by atoms with Crippen LogP contribution in [0, 0.1) is 6.92 Å². The van der Waals surface area contributed by atoms with Crippen molar-refractivity contribution in [3.63, 3.8) is 0 Å². The van der Waals surface area contributed by atoms with Crippen LogP contribution in [0.15, 0.2) is 83.4 Å². The van der Waals surface area contributed by atoms with E-state index in [1.165, 1.54) is 5.56 Å². The predicted molar refractivity (Wildman–Crippen MR) is 139 cm³/mol. The Hall–Kier alpha value is -3.62. The van der Waals surface area contributed by atoms with Gasteiger partial charge in [-0.15, -0.1) is 0 Å². The van der Waals surface area contributed by atoms with E-state index in [9.17, 15) is 13.2 Å². The van der Waals surface area contributed by atoms with Crippen LogP contribution < -0.4 is 4.74 Å². The Balaban J connectivity index is 1.08. The highest BCUT2D eigenvalue weighted by Gasteiger charge is 2.30. The lowest BCUT2D eigenvalue weighted by molar-refractivity contribution is -0.137. The van der Waals surface area contributed by atoms with Crippen LogP contribution in [0.1, 0.15) is 27.9 Å². The first-order valence-corrected chi connectivity index (χ1v) is 12.7. The monoisotopic (exact) mass is 521 g/mol. The maximum absolute atomic E-state index is 12.8. The minimum atomic E-state index is -4.30. The highest BCUT2D eigenvalue weighted by Crippen LogP contribution is 2.29. The Kier molecular flexibility index (Phi) is 7.81. The van der Waals surface area contributed by atoms with E-state index in [4.69, 9.17) is 9.26 Å². The molecule has 2 heterocycles. The van der Waals surface area contributed by atoms with E-state index in [0.717, 1.165) is 66.4 Å². The van der Waals surface area contributed by atoms with Crippen LogP contribution in [0.2, 0.25) is 0 Å². The summed E-state index contributed by atoms with van der Waals surface area (Å²) in [6.07, 6.45) is -4.30. The van der Waals surface area contributed by atoms with Crippen LogP contribution >= 0.6 is 0 Å². The van der Waals surface area contributed by atoms with Crippen molar-refractivity contribution in [2.75, 3.05) is 26.2 Å². The average molecular weight is 522 g/mol. The number of hydrogen-bond donors (Lipinski definition) is 0. The summed E-state index contributed by atoms with van der Waals surface area (Å²) in [5.41, 5.74) is 4.44. The maximum atomic E-state index is 12.8. The zero-order valence-corrected chi connectivity index (χ0v) is 21.2.